The van der Waals surface area contributed by atoms with E-state index in [-0.39, 0.29) is 23.9 Å². The highest BCUT2D eigenvalue weighted by molar-refractivity contribution is 8.00. The number of aliphatic hydroxyl groups is 1. The van der Waals surface area contributed by atoms with Crippen molar-refractivity contribution in [3.05, 3.63) is 34.4 Å². The molecule has 0 aromatic heterocycles. The van der Waals surface area contributed by atoms with Crippen LogP contribution in [0.15, 0.2) is 29.2 Å². The number of nitro benzene ring substituents is 1. The van der Waals surface area contributed by atoms with E-state index in [0.29, 0.717) is 6.42 Å². The number of benzene rings is 1. The predicted molar refractivity (Wildman–Crippen MR) is 77.7 cm³/mol. The molecule has 6 nitrogen and oxygen atoms in total. The van der Waals surface area contributed by atoms with Crippen LogP contribution in [0.4, 0.5) is 5.69 Å². The maximum absolute atomic E-state index is 11.5. The van der Waals surface area contributed by atoms with Crippen molar-refractivity contribution in [2.75, 3.05) is 12.3 Å². The minimum Gasteiger partial charge on any atom is -0.391 e. The van der Waals surface area contributed by atoms with Gasteiger partial charge in [0.1, 0.15) is 0 Å². The number of aliphatic hydroxyl groups excluding tert-OH is 1. The molecule has 1 unspecified atom stereocenters. The van der Waals surface area contributed by atoms with Crippen molar-refractivity contribution in [3.63, 3.8) is 0 Å². The van der Waals surface area contributed by atoms with Crippen LogP contribution in [0, 0.1) is 10.1 Å². The number of hydrogen-bond acceptors (Lipinski definition) is 5. The van der Waals surface area contributed by atoms with E-state index in [1.54, 1.807) is 12.1 Å². The van der Waals surface area contributed by atoms with Gasteiger partial charge in [0.25, 0.3) is 5.69 Å². The summed E-state index contributed by atoms with van der Waals surface area (Å²) >= 11 is 1.30. The Morgan fingerprint density at radius 1 is 1.45 bits per heavy atom. The summed E-state index contributed by atoms with van der Waals surface area (Å²) in [6.45, 7) is 2.23. The molecule has 20 heavy (non-hydrogen) atoms. The average Bonchev–Trinajstić information content (AvgIpc) is 2.43. The van der Waals surface area contributed by atoms with Gasteiger partial charge in [0.15, 0.2) is 0 Å². The number of amides is 1. The summed E-state index contributed by atoms with van der Waals surface area (Å²) in [6, 6.07) is 6.04. The number of hydrogen-bond donors (Lipinski definition) is 2. The van der Waals surface area contributed by atoms with Crippen LogP contribution in [0.5, 0.6) is 0 Å². The molecule has 110 valence electrons. The number of thioether (sulfide) groups is 1. The topological polar surface area (TPSA) is 92.5 Å². The summed E-state index contributed by atoms with van der Waals surface area (Å²) in [5, 5.41) is 22.6. The van der Waals surface area contributed by atoms with Crippen molar-refractivity contribution in [2.24, 2.45) is 0 Å². The fraction of sp³-hybridized carbons (Fsp3) is 0.462. The van der Waals surface area contributed by atoms with Crippen LogP contribution in [0.25, 0.3) is 0 Å². The van der Waals surface area contributed by atoms with Crippen LogP contribution in [0.2, 0.25) is 0 Å². The fourth-order valence-corrected chi connectivity index (χ4v) is 2.26. The fourth-order valence-electron chi connectivity index (χ4n) is 1.53. The SMILES string of the molecule is CCCC(O)CNC(=O)CSc1ccc([N+](=O)[O-])cc1. The van der Waals surface area contributed by atoms with Crippen molar-refractivity contribution < 1.29 is 14.8 Å². The second kappa shape index (κ2) is 8.55. The monoisotopic (exact) mass is 298 g/mol. The van der Waals surface area contributed by atoms with E-state index in [2.05, 4.69) is 5.32 Å². The molecule has 0 bridgehead atoms. The van der Waals surface area contributed by atoms with Crippen LogP contribution in [-0.4, -0.2) is 34.3 Å². The molecule has 2 N–H and O–H groups in total. The maximum atomic E-state index is 11.5. The van der Waals surface area contributed by atoms with Gasteiger partial charge < -0.3 is 10.4 Å². The Morgan fingerprint density at radius 3 is 2.65 bits per heavy atom. The molecule has 1 aromatic rings. The number of nitro groups is 1. The van der Waals surface area contributed by atoms with Crippen LogP contribution in [0.1, 0.15) is 19.8 Å². The normalized spacial score (nSPS) is 11.9. The number of rotatable bonds is 8. The van der Waals surface area contributed by atoms with E-state index in [9.17, 15) is 20.0 Å². The molecule has 0 aliphatic carbocycles. The lowest BCUT2D eigenvalue weighted by molar-refractivity contribution is -0.384. The van der Waals surface area contributed by atoms with Gasteiger partial charge in [0, 0.05) is 23.6 Å². The van der Waals surface area contributed by atoms with Gasteiger partial charge in [0.2, 0.25) is 5.91 Å². The minimum absolute atomic E-state index is 0.0292. The number of non-ortho nitro benzene ring substituents is 1. The molecule has 0 saturated carbocycles. The molecule has 0 saturated heterocycles. The highest BCUT2D eigenvalue weighted by Crippen LogP contribution is 2.20. The third-order valence-electron chi connectivity index (χ3n) is 2.57. The lowest BCUT2D eigenvalue weighted by Gasteiger charge is -2.10. The van der Waals surface area contributed by atoms with E-state index in [0.717, 1.165) is 11.3 Å². The van der Waals surface area contributed by atoms with Gasteiger partial charge in [-0.1, -0.05) is 13.3 Å². The Balaban J connectivity index is 2.32. The second-order valence-corrected chi connectivity index (χ2v) is 5.34. The van der Waals surface area contributed by atoms with E-state index < -0.39 is 11.0 Å². The highest BCUT2D eigenvalue weighted by Gasteiger charge is 2.08. The van der Waals surface area contributed by atoms with Crippen molar-refractivity contribution in [2.45, 2.75) is 30.8 Å². The Morgan fingerprint density at radius 2 is 2.10 bits per heavy atom. The van der Waals surface area contributed by atoms with Crippen molar-refractivity contribution in [3.8, 4) is 0 Å². The molecule has 1 atom stereocenters. The van der Waals surface area contributed by atoms with Crippen LogP contribution >= 0.6 is 11.8 Å². The summed E-state index contributed by atoms with van der Waals surface area (Å²) in [4.78, 5) is 22.4. The van der Waals surface area contributed by atoms with Crippen molar-refractivity contribution in [1.29, 1.82) is 0 Å². The van der Waals surface area contributed by atoms with Gasteiger partial charge in [-0.25, -0.2) is 0 Å². The molecule has 0 heterocycles. The molecule has 0 aliphatic heterocycles. The molecule has 7 heteroatoms. The Labute approximate surface area is 121 Å². The van der Waals surface area contributed by atoms with Crippen LogP contribution < -0.4 is 5.32 Å². The lowest BCUT2D eigenvalue weighted by atomic mass is 10.2. The van der Waals surface area contributed by atoms with Gasteiger partial charge in [-0.15, -0.1) is 11.8 Å². The maximum Gasteiger partial charge on any atom is 0.269 e. The highest BCUT2D eigenvalue weighted by atomic mass is 32.2. The Bertz CT molecular complexity index is 450. The summed E-state index contributed by atoms with van der Waals surface area (Å²) in [6.07, 6.45) is 1.03. The van der Waals surface area contributed by atoms with Crippen molar-refractivity contribution in [1.82, 2.24) is 5.32 Å². The summed E-state index contributed by atoms with van der Waals surface area (Å²) in [5.74, 6) is 0.0555. The molecule has 1 rings (SSSR count). The number of carbonyl (C=O) groups is 1. The van der Waals surface area contributed by atoms with Gasteiger partial charge in [-0.05, 0) is 18.6 Å². The number of carbonyl (C=O) groups excluding carboxylic acids is 1. The van der Waals surface area contributed by atoms with E-state index in [1.807, 2.05) is 6.92 Å². The summed E-state index contributed by atoms with van der Waals surface area (Å²) in [5.41, 5.74) is 0.0292. The summed E-state index contributed by atoms with van der Waals surface area (Å²) < 4.78 is 0. The predicted octanol–water partition coefficient (Wildman–Crippen LogP) is 1.96. The smallest absolute Gasteiger partial charge is 0.269 e. The first-order valence-electron chi connectivity index (χ1n) is 6.35. The zero-order valence-corrected chi connectivity index (χ0v) is 12.1. The third-order valence-corrected chi connectivity index (χ3v) is 3.59. The molecule has 0 radical (unpaired) electrons. The first-order chi connectivity index (χ1) is 9.52. The van der Waals surface area contributed by atoms with E-state index >= 15 is 0 Å². The average molecular weight is 298 g/mol. The van der Waals surface area contributed by atoms with E-state index in [1.165, 1.54) is 23.9 Å². The van der Waals surface area contributed by atoms with Gasteiger partial charge in [-0.3, -0.25) is 14.9 Å². The van der Waals surface area contributed by atoms with E-state index in [4.69, 9.17) is 0 Å². The quantitative estimate of drug-likeness (QED) is 0.435. The largest absolute Gasteiger partial charge is 0.391 e. The Hall–Kier alpha value is -1.60. The standard InChI is InChI=1S/C13H18N2O4S/c1-2-3-11(16)8-14-13(17)9-20-12-6-4-10(5-7-12)15(18)19/h4-7,11,16H,2-3,8-9H2,1H3,(H,14,17). The minimum atomic E-state index is -0.506. The third kappa shape index (κ3) is 6.03. The zero-order valence-electron chi connectivity index (χ0n) is 11.2. The van der Waals surface area contributed by atoms with Gasteiger partial charge in [-0.2, -0.15) is 0 Å². The molecular weight excluding hydrogens is 280 g/mol. The van der Waals surface area contributed by atoms with Crippen LogP contribution in [-0.2, 0) is 4.79 Å². The zero-order chi connectivity index (χ0) is 15.0. The van der Waals surface area contributed by atoms with Gasteiger partial charge >= 0.3 is 0 Å². The first kappa shape index (κ1) is 16.5. The summed E-state index contributed by atoms with van der Waals surface area (Å²) in [7, 11) is 0. The number of nitrogens with zero attached hydrogens (tertiary/aromatic N) is 1. The Kier molecular flexibility index (Phi) is 7.03. The number of nitrogens with one attached hydrogen (secondary N) is 1. The first-order valence-corrected chi connectivity index (χ1v) is 7.33. The van der Waals surface area contributed by atoms with Gasteiger partial charge in [0.05, 0.1) is 16.8 Å². The van der Waals surface area contributed by atoms with Crippen LogP contribution in [0.3, 0.4) is 0 Å². The molecule has 1 amide bonds. The second-order valence-electron chi connectivity index (χ2n) is 4.29. The molecule has 0 spiro atoms. The molecular formula is C13H18N2O4S. The lowest BCUT2D eigenvalue weighted by Crippen LogP contribution is -2.33. The van der Waals surface area contributed by atoms with Crippen molar-refractivity contribution >= 4 is 23.4 Å². The molecule has 0 fully saturated rings. The molecule has 1 aromatic carbocycles. The molecule has 0 aliphatic rings.